The lowest BCUT2D eigenvalue weighted by molar-refractivity contribution is -0.108. The highest BCUT2D eigenvalue weighted by molar-refractivity contribution is 6.46. The zero-order valence-corrected chi connectivity index (χ0v) is 18.3. The van der Waals surface area contributed by atoms with Crippen LogP contribution in [0.5, 0.6) is 0 Å². The van der Waals surface area contributed by atoms with E-state index in [2.05, 4.69) is 32.6 Å². The lowest BCUT2D eigenvalue weighted by atomic mass is 10.1. The van der Waals surface area contributed by atoms with Gasteiger partial charge in [-0.2, -0.15) is 0 Å². The maximum atomic E-state index is 14.9. The number of nitrogens with one attached hydrogen (secondary N) is 3. The molecule has 3 rings (SSSR count). The third kappa shape index (κ3) is 5.43. The molecule has 2 aliphatic heterocycles. The number of rotatable bonds is 5. The lowest BCUT2D eigenvalue weighted by Crippen LogP contribution is -2.44. The zero-order chi connectivity index (χ0) is 22.5. The van der Waals surface area contributed by atoms with Gasteiger partial charge in [0, 0.05) is 38.4 Å². The van der Waals surface area contributed by atoms with Crippen molar-refractivity contribution in [2.45, 2.75) is 20.8 Å². The Morgan fingerprint density at radius 3 is 2.61 bits per heavy atom. The molecule has 164 valence electrons. The van der Waals surface area contributed by atoms with E-state index in [-0.39, 0.29) is 17.4 Å². The van der Waals surface area contributed by atoms with Crippen molar-refractivity contribution in [2.75, 3.05) is 38.1 Å². The number of nitrogens with zero attached hydrogens (tertiary/aromatic N) is 4. The molecule has 1 fully saturated rings. The lowest BCUT2D eigenvalue weighted by Gasteiger charge is -2.34. The van der Waals surface area contributed by atoms with Gasteiger partial charge in [-0.15, -0.1) is 0 Å². The maximum absolute atomic E-state index is 14.9. The summed E-state index contributed by atoms with van der Waals surface area (Å²) in [6, 6.07) is 3.13. The Morgan fingerprint density at radius 1 is 1.26 bits per heavy atom. The van der Waals surface area contributed by atoms with E-state index in [9.17, 15) is 9.18 Å². The van der Waals surface area contributed by atoms with Crippen LogP contribution in [0.1, 0.15) is 19.4 Å². The van der Waals surface area contributed by atoms with Gasteiger partial charge in [-0.05, 0) is 45.5 Å². The molecule has 9 heteroatoms. The summed E-state index contributed by atoms with van der Waals surface area (Å²) in [6.45, 7) is 8.80. The fourth-order valence-electron chi connectivity index (χ4n) is 3.41. The highest BCUT2D eigenvalue weighted by atomic mass is 19.1. The molecular formula is C22H28FN7O. The van der Waals surface area contributed by atoms with E-state index in [0.29, 0.717) is 29.2 Å². The number of hydrogen-bond donors (Lipinski definition) is 3. The van der Waals surface area contributed by atoms with Gasteiger partial charge in [0.2, 0.25) is 6.41 Å². The fourth-order valence-corrected chi connectivity index (χ4v) is 3.41. The second-order valence-corrected chi connectivity index (χ2v) is 7.70. The van der Waals surface area contributed by atoms with Crippen LogP contribution in [0.15, 0.2) is 45.8 Å². The predicted molar refractivity (Wildman–Crippen MR) is 123 cm³/mol. The molecule has 0 radical (unpaired) electrons. The summed E-state index contributed by atoms with van der Waals surface area (Å²) in [5.41, 5.74) is 3.81. The summed E-state index contributed by atoms with van der Waals surface area (Å²) >= 11 is 0. The molecule has 2 heterocycles. The number of aliphatic imine (C=N–C) groups is 2. The first-order valence-corrected chi connectivity index (χ1v) is 10.1. The molecule has 0 saturated carbocycles. The number of allylic oxidation sites excluding steroid dienone is 2. The number of amidine groups is 1. The summed E-state index contributed by atoms with van der Waals surface area (Å²) in [5.74, 6) is -0.347. The number of halogens is 1. The van der Waals surface area contributed by atoms with Crippen molar-refractivity contribution in [3.8, 4) is 0 Å². The number of benzene rings is 1. The normalized spacial score (nSPS) is 18.9. The van der Waals surface area contributed by atoms with Gasteiger partial charge >= 0.3 is 0 Å². The van der Waals surface area contributed by atoms with Crippen LogP contribution in [0.3, 0.4) is 0 Å². The van der Waals surface area contributed by atoms with Gasteiger partial charge in [0.25, 0.3) is 0 Å². The van der Waals surface area contributed by atoms with Gasteiger partial charge in [0.1, 0.15) is 5.82 Å². The maximum Gasteiger partial charge on any atom is 0.212 e. The highest BCUT2D eigenvalue weighted by Crippen LogP contribution is 2.29. The quantitative estimate of drug-likeness (QED) is 0.384. The second-order valence-electron chi connectivity index (χ2n) is 7.70. The standard InChI is InChI=1S/C22H28FN7O/c1-14-9-21(30-7-5-29(4)6-8-30)17(23)10-19(14)28-22(26-13-31)18(24)11-20-16(3)27-15(2)12-25-20/h9-13,24-25H,5-8H2,1-4H3,(H,26,28,31)/b20-11-,24-18?. The summed E-state index contributed by atoms with van der Waals surface area (Å²) < 4.78 is 14.9. The minimum Gasteiger partial charge on any atom is -0.367 e. The number of carbonyl (C=O) groups is 1. The van der Waals surface area contributed by atoms with Gasteiger partial charge in [0.05, 0.1) is 34.2 Å². The summed E-state index contributed by atoms with van der Waals surface area (Å²) in [4.78, 5) is 24.1. The van der Waals surface area contributed by atoms with Crippen LogP contribution in [0, 0.1) is 18.2 Å². The first-order valence-electron chi connectivity index (χ1n) is 10.1. The van der Waals surface area contributed by atoms with Crippen molar-refractivity contribution in [3.05, 3.63) is 47.2 Å². The molecule has 0 bridgehead atoms. The number of amides is 1. The van der Waals surface area contributed by atoms with Gasteiger partial charge in [-0.25, -0.2) is 9.38 Å². The summed E-state index contributed by atoms with van der Waals surface area (Å²) in [6.07, 6.45) is 3.71. The molecule has 3 N–H and O–H groups in total. The van der Waals surface area contributed by atoms with E-state index in [1.54, 1.807) is 12.3 Å². The summed E-state index contributed by atoms with van der Waals surface area (Å²) in [7, 11) is 2.05. The van der Waals surface area contributed by atoms with Crippen molar-refractivity contribution < 1.29 is 9.18 Å². The zero-order valence-electron chi connectivity index (χ0n) is 18.3. The van der Waals surface area contributed by atoms with Crippen molar-refractivity contribution in [3.63, 3.8) is 0 Å². The topological polar surface area (TPSA) is 96.2 Å². The molecule has 0 aliphatic carbocycles. The summed E-state index contributed by atoms with van der Waals surface area (Å²) in [5, 5.41) is 13.9. The van der Waals surface area contributed by atoms with Gasteiger partial charge < -0.3 is 20.4 Å². The predicted octanol–water partition coefficient (Wildman–Crippen LogP) is 2.49. The number of carbonyl (C=O) groups excluding carboxylic acids is 1. The number of hydrogen-bond acceptors (Lipinski definition) is 7. The number of aryl methyl sites for hydroxylation is 1. The molecule has 0 atom stereocenters. The Morgan fingerprint density at radius 2 is 1.97 bits per heavy atom. The molecule has 31 heavy (non-hydrogen) atoms. The van der Waals surface area contributed by atoms with Crippen LogP contribution < -0.4 is 15.5 Å². The first-order chi connectivity index (χ1) is 14.8. The molecule has 0 aromatic heterocycles. The average molecular weight is 426 g/mol. The van der Waals surface area contributed by atoms with Gasteiger partial charge in [-0.3, -0.25) is 15.2 Å². The van der Waals surface area contributed by atoms with Gasteiger partial charge in [-0.1, -0.05) is 0 Å². The third-order valence-electron chi connectivity index (χ3n) is 5.25. The molecule has 1 aromatic rings. The largest absolute Gasteiger partial charge is 0.367 e. The molecule has 0 spiro atoms. The van der Waals surface area contributed by atoms with Crippen LogP contribution in [0.2, 0.25) is 0 Å². The Labute approximate surface area is 181 Å². The van der Waals surface area contributed by atoms with Crippen LogP contribution in [0.4, 0.5) is 15.8 Å². The number of piperazine rings is 1. The Balaban J connectivity index is 1.88. The molecule has 8 nitrogen and oxygen atoms in total. The molecule has 0 unspecified atom stereocenters. The smallest absolute Gasteiger partial charge is 0.212 e. The van der Waals surface area contributed by atoms with Crippen LogP contribution in [-0.2, 0) is 4.79 Å². The minimum atomic E-state index is -0.373. The van der Waals surface area contributed by atoms with Crippen LogP contribution in [0.25, 0.3) is 0 Å². The first kappa shape index (κ1) is 22.4. The van der Waals surface area contributed by atoms with E-state index in [1.807, 2.05) is 25.7 Å². The van der Waals surface area contributed by atoms with E-state index in [4.69, 9.17) is 5.41 Å². The van der Waals surface area contributed by atoms with Crippen molar-refractivity contribution in [2.24, 2.45) is 9.98 Å². The number of anilines is 1. The molecule has 2 aliphatic rings. The van der Waals surface area contributed by atoms with E-state index in [0.717, 1.165) is 37.4 Å². The molecular weight excluding hydrogens is 397 g/mol. The minimum absolute atomic E-state index is 0.0261. The fraction of sp³-hybridized carbons (Fsp3) is 0.364. The SMILES string of the molecule is CC1=CN/C(=C\C(=N)/C(=N/c2cc(F)c(N3CCN(C)CC3)cc2C)NC=O)C(C)=N1. The highest BCUT2D eigenvalue weighted by Gasteiger charge is 2.19. The Hall–Kier alpha value is -3.33. The second kappa shape index (κ2) is 9.65. The van der Waals surface area contributed by atoms with Crippen LogP contribution >= 0.6 is 0 Å². The van der Waals surface area contributed by atoms with E-state index < -0.39 is 0 Å². The average Bonchev–Trinajstić information content (AvgIpc) is 2.72. The monoisotopic (exact) mass is 425 g/mol. The third-order valence-corrected chi connectivity index (χ3v) is 5.25. The van der Waals surface area contributed by atoms with Crippen LogP contribution in [-0.4, -0.2) is 61.8 Å². The molecule has 1 aromatic carbocycles. The molecule has 1 saturated heterocycles. The van der Waals surface area contributed by atoms with Gasteiger partial charge in [0.15, 0.2) is 5.84 Å². The van der Waals surface area contributed by atoms with E-state index in [1.165, 1.54) is 12.1 Å². The van der Waals surface area contributed by atoms with E-state index >= 15 is 0 Å². The van der Waals surface area contributed by atoms with Crippen molar-refractivity contribution in [1.82, 2.24) is 15.5 Å². The number of likely N-dealkylation sites (N-methyl/N-ethyl adjacent to an activating group) is 1. The molecule has 1 amide bonds. The Bertz CT molecular complexity index is 1000. The Kier molecular flexibility index (Phi) is 6.96. The van der Waals surface area contributed by atoms with Crippen molar-refractivity contribution >= 4 is 35.0 Å². The van der Waals surface area contributed by atoms with Crippen molar-refractivity contribution in [1.29, 1.82) is 5.41 Å².